The summed E-state index contributed by atoms with van der Waals surface area (Å²) in [6.45, 7) is 11.8. The Balaban J connectivity index is 2.49. The third-order valence-electron chi connectivity index (χ3n) is 4.85. The smallest absolute Gasteiger partial charge is 0.330 e. The number of benzene rings is 2. The highest BCUT2D eigenvalue weighted by molar-refractivity contribution is 5.82. The third kappa shape index (κ3) is 8.72. The van der Waals surface area contributed by atoms with E-state index in [1.165, 1.54) is 0 Å². The van der Waals surface area contributed by atoms with Crippen molar-refractivity contribution >= 4 is 23.9 Å². The van der Waals surface area contributed by atoms with Crippen molar-refractivity contribution in [3.63, 3.8) is 0 Å². The van der Waals surface area contributed by atoms with Gasteiger partial charge in [0.2, 0.25) is 0 Å². The van der Waals surface area contributed by atoms with E-state index in [1.54, 1.807) is 31.2 Å². The van der Waals surface area contributed by atoms with Crippen LogP contribution in [0.2, 0.25) is 0 Å². The maximum absolute atomic E-state index is 11.7. The van der Waals surface area contributed by atoms with E-state index < -0.39 is 17.9 Å². The lowest BCUT2D eigenvalue weighted by molar-refractivity contribution is -0.144. The Bertz CT molecular complexity index is 1160. The topological polar surface area (TPSA) is 105 Å². The van der Waals surface area contributed by atoms with Crippen molar-refractivity contribution in [2.75, 3.05) is 0 Å². The molecule has 2 rings (SSSR count). The summed E-state index contributed by atoms with van der Waals surface area (Å²) in [6.07, 6.45) is 3.43. The molecule has 0 radical (unpaired) electrons. The Kier molecular flexibility index (Phi) is 10.8. The second-order valence-corrected chi connectivity index (χ2v) is 7.48. The number of hydrogen-bond donors (Lipinski definition) is 0. The van der Waals surface area contributed by atoms with E-state index in [0.29, 0.717) is 33.4 Å². The predicted octanol–water partition coefficient (Wildman–Crippen LogP) is 4.49. The third-order valence-corrected chi connectivity index (χ3v) is 4.85. The molecule has 2 aromatic rings. The van der Waals surface area contributed by atoms with Gasteiger partial charge in [0.25, 0.3) is 0 Å². The highest BCUT2D eigenvalue weighted by atomic mass is 16.5. The number of rotatable bonds is 13. The van der Waals surface area contributed by atoms with Gasteiger partial charge in [-0.15, -0.1) is 0 Å². The first-order chi connectivity index (χ1) is 17.3. The first-order valence-corrected chi connectivity index (χ1v) is 11.1. The van der Waals surface area contributed by atoms with Gasteiger partial charge in [0.15, 0.2) is 0 Å². The highest BCUT2D eigenvalue weighted by Crippen LogP contribution is 2.29. The van der Waals surface area contributed by atoms with E-state index >= 15 is 0 Å². The van der Waals surface area contributed by atoms with Gasteiger partial charge < -0.3 is 18.9 Å². The molecule has 2 aromatic carbocycles. The highest BCUT2D eigenvalue weighted by Gasteiger charge is 2.13. The van der Waals surface area contributed by atoms with Crippen LogP contribution in [0.5, 0.6) is 0 Å². The zero-order valence-electron chi connectivity index (χ0n) is 20.1. The molecule has 0 heterocycles. The molecule has 0 aliphatic carbocycles. The molecule has 0 saturated carbocycles. The van der Waals surface area contributed by atoms with Crippen molar-refractivity contribution < 1.29 is 38.1 Å². The normalized spacial score (nSPS) is 10.0. The molecule has 0 atom stereocenters. The summed E-state index contributed by atoms with van der Waals surface area (Å²) in [5, 5.41) is 0. The second kappa shape index (κ2) is 14.1. The van der Waals surface area contributed by atoms with Crippen LogP contribution in [-0.4, -0.2) is 23.9 Å². The Labute approximate surface area is 209 Å². The van der Waals surface area contributed by atoms with Gasteiger partial charge in [-0.3, -0.25) is 4.79 Å². The standard InChI is InChI=1S/C28H28O8/c1-5-25(29)33-15-19-9-10-24(23(12-19)18-36-28(32)8-4)22-13-20(16-34-26(30)6-2)11-21(14-22)17-35-27(31)7-3/h5-6,8-14H,1-2,4,7,15-18H2,3H3. The molecule has 0 aromatic heterocycles. The van der Waals surface area contributed by atoms with Crippen LogP contribution in [0.3, 0.4) is 0 Å². The summed E-state index contributed by atoms with van der Waals surface area (Å²) >= 11 is 0. The van der Waals surface area contributed by atoms with Crippen LogP contribution in [-0.2, 0) is 64.6 Å². The summed E-state index contributed by atoms with van der Waals surface area (Å²) in [4.78, 5) is 46.4. The van der Waals surface area contributed by atoms with Crippen LogP contribution in [0.1, 0.15) is 35.6 Å². The van der Waals surface area contributed by atoms with Crippen LogP contribution in [0.4, 0.5) is 0 Å². The fraction of sp³-hybridized carbons (Fsp3) is 0.214. The number of hydrogen-bond acceptors (Lipinski definition) is 8. The van der Waals surface area contributed by atoms with E-state index in [-0.39, 0.29) is 38.8 Å². The molecule has 188 valence electrons. The average molecular weight is 493 g/mol. The molecule has 0 aliphatic heterocycles. The first-order valence-electron chi connectivity index (χ1n) is 11.1. The summed E-state index contributed by atoms with van der Waals surface area (Å²) in [5.41, 5.74) is 4.07. The van der Waals surface area contributed by atoms with Gasteiger partial charge in [0.1, 0.15) is 26.4 Å². The van der Waals surface area contributed by atoms with E-state index in [1.807, 2.05) is 12.1 Å². The van der Waals surface area contributed by atoms with Crippen LogP contribution in [0, 0.1) is 0 Å². The minimum absolute atomic E-state index is 0.00328. The molecule has 36 heavy (non-hydrogen) atoms. The molecule has 0 saturated heterocycles. The Morgan fingerprint density at radius 2 is 1.17 bits per heavy atom. The maximum Gasteiger partial charge on any atom is 0.330 e. The molecule has 0 unspecified atom stereocenters. The van der Waals surface area contributed by atoms with Crippen molar-refractivity contribution in [2.24, 2.45) is 0 Å². The van der Waals surface area contributed by atoms with Gasteiger partial charge in [-0.2, -0.15) is 0 Å². The van der Waals surface area contributed by atoms with Crippen LogP contribution in [0.25, 0.3) is 11.1 Å². The first kappa shape index (κ1) is 27.8. The molecular formula is C28H28O8. The van der Waals surface area contributed by atoms with Crippen molar-refractivity contribution in [2.45, 2.75) is 39.8 Å². The molecule has 0 spiro atoms. The SMILES string of the molecule is C=CC(=O)OCc1cc(COC(=O)CC)cc(-c2ccc(COC(=O)C=C)cc2COC(=O)C=C)c1. The molecule has 0 N–H and O–H groups in total. The molecular weight excluding hydrogens is 464 g/mol. The predicted molar refractivity (Wildman–Crippen MR) is 132 cm³/mol. The van der Waals surface area contributed by atoms with Crippen LogP contribution < -0.4 is 0 Å². The lowest BCUT2D eigenvalue weighted by atomic mass is 9.95. The molecule has 8 nitrogen and oxygen atoms in total. The van der Waals surface area contributed by atoms with Crippen molar-refractivity contribution in [3.8, 4) is 11.1 Å². The lowest BCUT2D eigenvalue weighted by Gasteiger charge is -2.15. The summed E-state index contributed by atoms with van der Waals surface area (Å²) in [5.74, 6) is -2.08. The summed E-state index contributed by atoms with van der Waals surface area (Å²) < 4.78 is 20.8. The number of carbonyl (C=O) groups excluding carboxylic acids is 4. The number of ether oxygens (including phenoxy) is 4. The molecule has 0 fully saturated rings. The van der Waals surface area contributed by atoms with Crippen LogP contribution >= 0.6 is 0 Å². The van der Waals surface area contributed by atoms with Gasteiger partial charge in [0, 0.05) is 24.6 Å². The van der Waals surface area contributed by atoms with Gasteiger partial charge in [0.05, 0.1) is 0 Å². The Hall–Kier alpha value is -4.46. The van der Waals surface area contributed by atoms with Gasteiger partial charge in [-0.25, -0.2) is 14.4 Å². The zero-order valence-corrected chi connectivity index (χ0v) is 20.1. The molecule has 0 bridgehead atoms. The summed E-state index contributed by atoms with van der Waals surface area (Å²) in [6, 6.07) is 10.7. The zero-order chi connectivity index (χ0) is 26.5. The average Bonchev–Trinajstić information content (AvgIpc) is 2.91. The van der Waals surface area contributed by atoms with Crippen LogP contribution in [0.15, 0.2) is 74.4 Å². The monoisotopic (exact) mass is 492 g/mol. The van der Waals surface area contributed by atoms with Gasteiger partial charge in [-0.1, -0.05) is 38.8 Å². The maximum atomic E-state index is 11.7. The van der Waals surface area contributed by atoms with Gasteiger partial charge in [-0.05, 0) is 57.6 Å². The number of esters is 4. The van der Waals surface area contributed by atoms with Crippen molar-refractivity contribution in [3.05, 3.63) is 96.6 Å². The van der Waals surface area contributed by atoms with Gasteiger partial charge >= 0.3 is 23.9 Å². The lowest BCUT2D eigenvalue weighted by Crippen LogP contribution is -2.06. The molecule has 8 heteroatoms. The van der Waals surface area contributed by atoms with E-state index in [9.17, 15) is 19.2 Å². The van der Waals surface area contributed by atoms with Crippen molar-refractivity contribution in [1.29, 1.82) is 0 Å². The Morgan fingerprint density at radius 3 is 1.69 bits per heavy atom. The fourth-order valence-electron chi connectivity index (χ4n) is 3.12. The quantitative estimate of drug-likeness (QED) is 0.229. The minimum Gasteiger partial charge on any atom is -0.461 e. The molecule has 0 aliphatic rings. The minimum atomic E-state index is -0.596. The van der Waals surface area contributed by atoms with E-state index in [0.717, 1.165) is 18.2 Å². The summed E-state index contributed by atoms with van der Waals surface area (Å²) in [7, 11) is 0. The molecule has 0 amide bonds. The fourth-order valence-corrected chi connectivity index (χ4v) is 3.12. The number of carbonyl (C=O) groups is 4. The van der Waals surface area contributed by atoms with E-state index in [2.05, 4.69) is 19.7 Å². The van der Waals surface area contributed by atoms with E-state index in [4.69, 9.17) is 18.9 Å². The van der Waals surface area contributed by atoms with Crippen molar-refractivity contribution in [1.82, 2.24) is 0 Å². The largest absolute Gasteiger partial charge is 0.461 e. The second-order valence-electron chi connectivity index (χ2n) is 7.48. The Morgan fingerprint density at radius 1 is 0.667 bits per heavy atom.